The van der Waals surface area contributed by atoms with Crippen LogP contribution in [0.4, 0.5) is 49.1 Å². The van der Waals surface area contributed by atoms with Gasteiger partial charge in [-0.1, -0.05) is 23.4 Å². The first-order chi connectivity index (χ1) is 16.2. The number of hydrogen-bond acceptors (Lipinski definition) is 6. The molecule has 0 heterocycles. The number of rotatable bonds is 6. The fraction of sp³-hybridized carbons (Fsp3) is 0.100. The van der Waals surface area contributed by atoms with Gasteiger partial charge in [-0.2, -0.15) is 26.3 Å². The van der Waals surface area contributed by atoms with Crippen LogP contribution in [0.15, 0.2) is 64.4 Å². The van der Waals surface area contributed by atoms with E-state index in [1.807, 2.05) is 0 Å². The normalized spacial score (nSPS) is 11.9. The highest BCUT2D eigenvalue weighted by Gasteiger charge is 2.40. The van der Waals surface area contributed by atoms with E-state index in [0.29, 0.717) is 22.1 Å². The van der Waals surface area contributed by atoms with E-state index in [2.05, 4.69) is 5.32 Å². The van der Waals surface area contributed by atoms with Gasteiger partial charge in [0.1, 0.15) is 5.69 Å². The van der Waals surface area contributed by atoms with Gasteiger partial charge in [0.25, 0.3) is 11.4 Å². The van der Waals surface area contributed by atoms with Gasteiger partial charge >= 0.3 is 12.4 Å². The minimum Gasteiger partial charge on any atom is -0.348 e. The zero-order chi connectivity index (χ0) is 26.1. The van der Waals surface area contributed by atoms with Crippen LogP contribution in [0.3, 0.4) is 0 Å². The van der Waals surface area contributed by atoms with Crippen LogP contribution in [-0.4, -0.2) is 9.85 Å². The largest absolute Gasteiger partial charge is 0.418 e. The van der Waals surface area contributed by atoms with Crippen LogP contribution in [0.1, 0.15) is 11.1 Å². The van der Waals surface area contributed by atoms with Gasteiger partial charge in [0, 0.05) is 20.9 Å². The number of nitro benzene ring substituents is 2. The van der Waals surface area contributed by atoms with Crippen LogP contribution < -0.4 is 5.32 Å². The van der Waals surface area contributed by atoms with Crippen LogP contribution in [0, 0.1) is 20.2 Å². The Hall–Kier alpha value is -3.52. The molecule has 0 saturated heterocycles. The Balaban J connectivity index is 2.23. The second kappa shape index (κ2) is 9.62. The predicted molar refractivity (Wildman–Crippen MR) is 115 cm³/mol. The number of anilines is 2. The first kappa shape index (κ1) is 26.1. The zero-order valence-electron chi connectivity index (χ0n) is 16.8. The van der Waals surface area contributed by atoms with Crippen molar-refractivity contribution < 1.29 is 36.2 Å². The quantitative estimate of drug-likeness (QED) is 0.194. The monoisotopic (exact) mass is 537 g/mol. The summed E-state index contributed by atoms with van der Waals surface area (Å²) in [5, 5.41) is 24.9. The number of alkyl halides is 6. The third kappa shape index (κ3) is 6.14. The van der Waals surface area contributed by atoms with Crippen LogP contribution in [0.5, 0.6) is 0 Å². The van der Waals surface area contributed by atoms with E-state index >= 15 is 0 Å². The van der Waals surface area contributed by atoms with Crippen LogP contribution in [0.2, 0.25) is 5.02 Å². The topological polar surface area (TPSA) is 98.3 Å². The molecule has 3 aromatic carbocycles. The van der Waals surface area contributed by atoms with Crippen molar-refractivity contribution in [2.45, 2.75) is 22.1 Å². The maximum atomic E-state index is 13.7. The first-order valence-electron chi connectivity index (χ1n) is 9.12. The minimum absolute atomic E-state index is 0.0129. The SMILES string of the molecule is O=[N+]([O-])c1cc([N+](=O)[O-])c(Nc2cc(C(F)(F)F)ccc2Sc2ccc(Cl)cc2)c(C(F)(F)F)c1. The molecule has 0 radical (unpaired) electrons. The predicted octanol–water partition coefficient (Wildman–Crippen LogP) is 8.09. The molecule has 184 valence electrons. The van der Waals surface area contributed by atoms with E-state index in [0.717, 1.165) is 17.8 Å². The molecule has 7 nitrogen and oxygen atoms in total. The number of benzene rings is 3. The Bertz CT molecular complexity index is 1300. The molecule has 0 aromatic heterocycles. The second-order valence-corrected chi connectivity index (χ2v) is 8.34. The molecule has 0 bridgehead atoms. The summed E-state index contributed by atoms with van der Waals surface area (Å²) in [6.45, 7) is 0. The van der Waals surface area contributed by atoms with Crippen molar-refractivity contribution in [1.82, 2.24) is 0 Å². The smallest absolute Gasteiger partial charge is 0.348 e. The molecule has 0 amide bonds. The summed E-state index contributed by atoms with van der Waals surface area (Å²) in [6, 6.07) is 8.48. The lowest BCUT2D eigenvalue weighted by molar-refractivity contribution is -0.394. The Kier molecular flexibility index (Phi) is 7.17. The highest BCUT2D eigenvalue weighted by molar-refractivity contribution is 7.99. The van der Waals surface area contributed by atoms with Crippen LogP contribution >= 0.6 is 23.4 Å². The summed E-state index contributed by atoms with van der Waals surface area (Å²) in [7, 11) is 0. The molecule has 3 aromatic rings. The Morgan fingerprint density at radius 2 is 1.46 bits per heavy atom. The summed E-state index contributed by atoms with van der Waals surface area (Å²) in [5.74, 6) is 0. The lowest BCUT2D eigenvalue weighted by Crippen LogP contribution is -2.13. The molecule has 0 fully saturated rings. The van der Waals surface area contributed by atoms with Gasteiger partial charge < -0.3 is 5.32 Å². The summed E-state index contributed by atoms with van der Waals surface area (Å²) in [5.41, 5.74) is -7.37. The van der Waals surface area contributed by atoms with Crippen LogP contribution in [0.25, 0.3) is 0 Å². The molecule has 0 spiro atoms. The van der Waals surface area contributed by atoms with Gasteiger partial charge in [0.05, 0.1) is 32.7 Å². The van der Waals surface area contributed by atoms with E-state index in [1.165, 1.54) is 24.3 Å². The molecule has 3 rings (SSSR count). The third-order valence-corrected chi connectivity index (χ3v) is 5.76. The molecule has 0 aliphatic heterocycles. The van der Waals surface area contributed by atoms with Crippen molar-refractivity contribution in [2.24, 2.45) is 0 Å². The van der Waals surface area contributed by atoms with Gasteiger partial charge in [-0.15, -0.1) is 0 Å². The average Bonchev–Trinajstić information content (AvgIpc) is 2.74. The van der Waals surface area contributed by atoms with Crippen molar-refractivity contribution >= 4 is 46.1 Å². The molecule has 0 atom stereocenters. The van der Waals surface area contributed by atoms with Crippen molar-refractivity contribution in [1.29, 1.82) is 0 Å². The lowest BCUT2D eigenvalue weighted by atomic mass is 10.1. The molecule has 35 heavy (non-hydrogen) atoms. The number of nitrogens with zero attached hydrogens (tertiary/aromatic N) is 2. The average molecular weight is 538 g/mol. The molecular weight excluding hydrogens is 528 g/mol. The molecule has 0 aliphatic rings. The Morgan fingerprint density at radius 3 is 1.97 bits per heavy atom. The molecule has 1 N–H and O–H groups in total. The third-order valence-electron chi connectivity index (χ3n) is 4.42. The summed E-state index contributed by atoms with van der Waals surface area (Å²) in [4.78, 5) is 20.4. The molecule has 0 saturated carbocycles. The maximum Gasteiger partial charge on any atom is 0.418 e. The standard InChI is InChI=1S/C20H10ClF6N3O4S/c21-11-2-4-13(5-3-11)35-17-6-1-10(19(22,23)24)7-15(17)28-18-14(20(25,26)27)8-12(29(31)32)9-16(18)30(33)34/h1-9,28H. The van der Waals surface area contributed by atoms with Gasteiger partial charge in [-0.05, 0) is 42.5 Å². The number of nitro groups is 2. The summed E-state index contributed by atoms with van der Waals surface area (Å²) >= 11 is 6.65. The number of non-ortho nitro benzene ring substituents is 1. The fourth-order valence-corrected chi connectivity index (χ4v) is 3.88. The summed E-state index contributed by atoms with van der Waals surface area (Å²) in [6.07, 6.45) is -10.2. The van der Waals surface area contributed by atoms with Gasteiger partial charge in [-0.25, -0.2) is 0 Å². The van der Waals surface area contributed by atoms with E-state index in [4.69, 9.17) is 11.6 Å². The van der Waals surface area contributed by atoms with Gasteiger partial charge in [-0.3, -0.25) is 20.2 Å². The second-order valence-electron chi connectivity index (χ2n) is 6.79. The molecular formula is C20H10ClF6N3O4S. The van der Waals surface area contributed by atoms with E-state index < -0.39 is 56.1 Å². The van der Waals surface area contributed by atoms with Crippen LogP contribution in [-0.2, 0) is 12.4 Å². The highest BCUT2D eigenvalue weighted by atomic mass is 35.5. The summed E-state index contributed by atoms with van der Waals surface area (Å²) < 4.78 is 81.1. The molecule has 0 unspecified atom stereocenters. The fourth-order valence-electron chi connectivity index (χ4n) is 2.87. The number of hydrogen-bond donors (Lipinski definition) is 1. The molecule has 0 aliphatic carbocycles. The zero-order valence-corrected chi connectivity index (χ0v) is 18.3. The van der Waals surface area contributed by atoms with Crippen molar-refractivity contribution in [2.75, 3.05) is 5.32 Å². The van der Waals surface area contributed by atoms with Crippen molar-refractivity contribution in [3.8, 4) is 0 Å². The first-order valence-corrected chi connectivity index (χ1v) is 10.3. The van der Waals surface area contributed by atoms with Crippen molar-refractivity contribution in [3.63, 3.8) is 0 Å². The number of halogens is 7. The lowest BCUT2D eigenvalue weighted by Gasteiger charge is -2.18. The molecule has 15 heteroatoms. The number of nitrogens with one attached hydrogen (secondary N) is 1. The minimum atomic E-state index is -5.32. The van der Waals surface area contributed by atoms with Gasteiger partial charge in [0.2, 0.25) is 0 Å². The maximum absolute atomic E-state index is 13.7. The van der Waals surface area contributed by atoms with E-state index in [9.17, 15) is 46.6 Å². The highest BCUT2D eigenvalue weighted by Crippen LogP contribution is 2.46. The van der Waals surface area contributed by atoms with Gasteiger partial charge in [0.15, 0.2) is 0 Å². The Morgan fingerprint density at radius 1 is 0.829 bits per heavy atom. The van der Waals surface area contributed by atoms with Crippen molar-refractivity contribution in [3.05, 3.63) is 91.0 Å². The Labute approximate surface area is 201 Å². The van der Waals surface area contributed by atoms with E-state index in [1.54, 1.807) is 0 Å². The van der Waals surface area contributed by atoms with E-state index in [-0.39, 0.29) is 17.0 Å².